The number of Topliss-reactive ketones (excluding diaryl/α,β-unsaturated/α-hetero) is 1. The summed E-state index contributed by atoms with van der Waals surface area (Å²) in [6.45, 7) is 7.94. The smallest absolute Gasteiger partial charge is 0.463 e. The van der Waals surface area contributed by atoms with Crippen LogP contribution in [-0.2, 0) is 44.4 Å². The standard InChI is InChI=1S/C28H21F4N3O4.C18H12ClF4N3O.C15H20BNO5/c1-38-26(37)23(36)13-16-5-7-18(8-6-16)22-15-24(35-27(33)34-22)39-25(28(30,31)32)19-11-9-17(10-12-19)20-3-2-4-21(29)14-20;19-14-9-15(26-17(24)25-14)27-16(18(21,22)23)11-6-4-10(5-7-11)12-2-1-3-13(20)8-12;1-14(2)15(3,4)22-16(21-14)10-6-8-11(9-7-10)17-12(18)13(19)20-5/h2-12,14-15,25H,13H2,1H3,(H2,33,34,35);1-9,16H,(H2,24,25,26);6-9H,1-5H3,(H,17,18). The number of aromatic nitrogens is 4. The van der Waals surface area contributed by atoms with E-state index in [1.807, 2.05) is 27.7 Å². The maximum atomic E-state index is 14.0. The first-order valence-corrected chi connectivity index (χ1v) is 26.5. The number of nitrogen functional groups attached to an aromatic ring is 2. The van der Waals surface area contributed by atoms with Crippen molar-refractivity contribution in [3.05, 3.63) is 191 Å². The minimum Gasteiger partial charge on any atom is -0.463 e. The van der Waals surface area contributed by atoms with E-state index in [0.29, 0.717) is 39.1 Å². The summed E-state index contributed by atoms with van der Waals surface area (Å²) in [6.07, 6.45) is -14.4. The van der Waals surface area contributed by atoms with E-state index in [1.165, 1.54) is 91.0 Å². The molecule has 5 N–H and O–H groups in total. The lowest BCUT2D eigenvalue weighted by atomic mass is 9.79. The number of benzene rings is 6. The number of alkyl halides is 6. The molecule has 3 heterocycles. The van der Waals surface area contributed by atoms with E-state index < -0.39 is 89.9 Å². The van der Waals surface area contributed by atoms with Gasteiger partial charge in [-0.05, 0) is 97.4 Å². The van der Waals surface area contributed by atoms with Gasteiger partial charge in [-0.25, -0.2) is 28.3 Å². The number of amides is 1. The monoisotopic (exact) mass is 1240 g/mol. The quantitative estimate of drug-likeness (QED) is 0.0301. The second kappa shape index (κ2) is 27.9. The van der Waals surface area contributed by atoms with Crippen molar-refractivity contribution in [1.82, 2.24) is 19.9 Å². The largest absolute Gasteiger partial charge is 0.494 e. The van der Waals surface area contributed by atoms with Gasteiger partial charge >= 0.3 is 37.3 Å². The molecule has 0 radical (unpaired) electrons. The van der Waals surface area contributed by atoms with Gasteiger partial charge in [-0.15, -0.1) is 0 Å². The van der Waals surface area contributed by atoms with Crippen molar-refractivity contribution in [3.63, 3.8) is 0 Å². The van der Waals surface area contributed by atoms with Crippen molar-refractivity contribution < 1.29 is 82.6 Å². The molecule has 17 nitrogen and oxygen atoms in total. The van der Waals surface area contributed by atoms with Gasteiger partial charge in [-0.3, -0.25) is 9.59 Å². The Morgan fingerprint density at radius 3 is 1.44 bits per heavy atom. The van der Waals surface area contributed by atoms with Gasteiger partial charge in [0.05, 0.1) is 31.1 Å². The minimum absolute atomic E-state index is 0.139. The van der Waals surface area contributed by atoms with E-state index in [-0.39, 0.29) is 40.3 Å². The lowest BCUT2D eigenvalue weighted by Crippen LogP contribution is -2.41. The number of rotatable bonds is 14. The van der Waals surface area contributed by atoms with Gasteiger partial charge in [0.25, 0.3) is 0 Å². The summed E-state index contributed by atoms with van der Waals surface area (Å²) in [5.74, 6) is -5.76. The van der Waals surface area contributed by atoms with Crippen LogP contribution in [-0.4, -0.2) is 88.5 Å². The summed E-state index contributed by atoms with van der Waals surface area (Å²) in [4.78, 5) is 60.6. The Morgan fingerprint density at radius 2 is 1.01 bits per heavy atom. The molecule has 27 heteroatoms. The number of halogens is 9. The molecule has 2 aromatic heterocycles. The molecule has 1 amide bonds. The number of ether oxygens (including phenoxy) is 4. The lowest BCUT2D eigenvalue weighted by Gasteiger charge is -2.32. The fraction of sp³-hybridized carbons (Fsp3) is 0.213. The summed E-state index contributed by atoms with van der Waals surface area (Å²) >= 11 is 5.67. The van der Waals surface area contributed by atoms with Crippen LogP contribution >= 0.6 is 11.6 Å². The molecule has 0 aliphatic carbocycles. The van der Waals surface area contributed by atoms with Crippen molar-refractivity contribution in [2.24, 2.45) is 0 Å². The SMILES string of the molecule is COC(=O)C(=O)Cc1ccc(-c2cc(OC(c3ccc(-c4cccc(F)c4)cc3)C(F)(F)F)nc(N)n2)cc1.COC(=O)C(=O)Nc1ccc(B2OC(C)(C)C(C)(C)O2)cc1.Nc1nc(Cl)cc(OC(c2ccc(-c3cccc(F)c3)cc2)C(F)(F)F)n1. The molecular weight excluding hydrogens is 1190 g/mol. The number of anilines is 3. The van der Waals surface area contributed by atoms with E-state index in [9.17, 15) is 54.3 Å². The predicted molar refractivity (Wildman–Crippen MR) is 309 cm³/mol. The lowest BCUT2D eigenvalue weighted by molar-refractivity contribution is -0.199. The summed E-state index contributed by atoms with van der Waals surface area (Å²) in [6, 6.07) is 37.7. The summed E-state index contributed by atoms with van der Waals surface area (Å²) < 4.78 is 140. The normalized spacial score (nSPS) is 13.9. The van der Waals surface area contributed by atoms with Crippen LogP contribution in [0.2, 0.25) is 5.15 Å². The molecule has 9 rings (SSSR count). The first kappa shape index (κ1) is 66.0. The number of hydrogen-bond donors (Lipinski definition) is 3. The Hall–Kier alpha value is -9.53. The van der Waals surface area contributed by atoms with Crippen LogP contribution < -0.4 is 31.7 Å². The summed E-state index contributed by atoms with van der Waals surface area (Å²) in [5, 5.41) is 2.31. The molecule has 88 heavy (non-hydrogen) atoms. The number of nitrogens with one attached hydrogen (secondary N) is 1. The second-order valence-corrected chi connectivity index (χ2v) is 20.5. The minimum atomic E-state index is -4.80. The van der Waals surface area contributed by atoms with E-state index in [4.69, 9.17) is 41.9 Å². The molecule has 8 aromatic rings. The first-order valence-electron chi connectivity index (χ1n) is 26.1. The molecular formula is C61H53BClF8N7O10. The Kier molecular flexibility index (Phi) is 20.9. The molecule has 1 fully saturated rings. The number of nitrogens with two attached hydrogens (primary N) is 2. The van der Waals surface area contributed by atoms with E-state index in [1.54, 1.807) is 60.7 Å². The van der Waals surface area contributed by atoms with Crippen molar-refractivity contribution in [1.29, 1.82) is 0 Å². The molecule has 6 aromatic carbocycles. The van der Waals surface area contributed by atoms with Gasteiger partial charge in [-0.1, -0.05) is 121 Å². The highest BCUT2D eigenvalue weighted by molar-refractivity contribution is 6.62. The molecule has 1 aliphatic rings. The summed E-state index contributed by atoms with van der Waals surface area (Å²) in [7, 11) is 1.80. The number of methoxy groups -OCH3 is 2. The second-order valence-electron chi connectivity index (χ2n) is 20.1. The predicted octanol–water partition coefficient (Wildman–Crippen LogP) is 11.8. The van der Waals surface area contributed by atoms with Gasteiger partial charge in [0, 0.05) is 40.9 Å². The van der Waals surface area contributed by atoms with Crippen LogP contribution in [0.1, 0.15) is 56.6 Å². The number of nitrogens with zero attached hydrogens (tertiary/aromatic N) is 4. The van der Waals surface area contributed by atoms with Crippen molar-refractivity contribution in [2.45, 2.75) is 69.9 Å². The Balaban J connectivity index is 0.000000198. The van der Waals surface area contributed by atoms with Crippen molar-refractivity contribution in [3.8, 4) is 45.3 Å². The number of carbonyl (C=O) groups excluding carboxylic acids is 4. The number of ketones is 1. The van der Waals surface area contributed by atoms with Gasteiger partial charge in [0.2, 0.25) is 41.6 Å². The Bertz CT molecular complexity index is 3740. The zero-order valence-corrected chi connectivity index (χ0v) is 48.1. The van der Waals surface area contributed by atoms with Crippen LogP contribution in [0.3, 0.4) is 0 Å². The zero-order valence-electron chi connectivity index (χ0n) is 47.4. The van der Waals surface area contributed by atoms with Crippen LogP contribution in [0.4, 0.5) is 52.7 Å². The molecule has 0 bridgehead atoms. The molecule has 1 aliphatic heterocycles. The van der Waals surface area contributed by atoms with Crippen molar-refractivity contribution >= 4 is 65.4 Å². The van der Waals surface area contributed by atoms with Crippen molar-refractivity contribution in [2.75, 3.05) is 31.0 Å². The highest BCUT2D eigenvalue weighted by Gasteiger charge is 2.52. The van der Waals surface area contributed by atoms with Gasteiger partial charge in [-0.2, -0.15) is 36.3 Å². The Morgan fingerprint density at radius 1 is 0.568 bits per heavy atom. The van der Waals surface area contributed by atoms with Crippen LogP contribution in [0.25, 0.3) is 33.5 Å². The fourth-order valence-corrected chi connectivity index (χ4v) is 8.37. The third-order valence-electron chi connectivity index (χ3n) is 13.3. The number of esters is 2. The van der Waals surface area contributed by atoms with E-state index in [2.05, 4.69) is 34.7 Å². The first-order chi connectivity index (χ1) is 41.4. The van der Waals surface area contributed by atoms with Crippen LogP contribution in [0.15, 0.2) is 158 Å². The topological polar surface area (TPSA) is 239 Å². The van der Waals surface area contributed by atoms with Gasteiger partial charge in [0.1, 0.15) is 16.8 Å². The highest BCUT2D eigenvalue weighted by Crippen LogP contribution is 2.40. The van der Waals surface area contributed by atoms with Gasteiger partial charge < -0.3 is 45.0 Å². The zero-order chi connectivity index (χ0) is 64.3. The van der Waals surface area contributed by atoms with Crippen LogP contribution in [0, 0.1) is 11.6 Å². The third kappa shape index (κ3) is 17.6. The molecule has 458 valence electrons. The molecule has 2 atom stereocenters. The van der Waals surface area contributed by atoms with E-state index >= 15 is 0 Å². The number of carbonyl (C=O) groups is 4. The maximum Gasteiger partial charge on any atom is 0.494 e. The molecule has 1 saturated heterocycles. The number of hydrogen-bond acceptors (Lipinski definition) is 16. The summed E-state index contributed by atoms with van der Waals surface area (Å²) in [5.41, 5.74) is 14.6. The Labute approximate surface area is 503 Å². The van der Waals surface area contributed by atoms with Gasteiger partial charge in [0.15, 0.2) is 0 Å². The van der Waals surface area contributed by atoms with E-state index in [0.717, 1.165) is 25.7 Å². The molecule has 0 saturated carbocycles. The van der Waals surface area contributed by atoms with Crippen LogP contribution in [0.5, 0.6) is 11.8 Å². The third-order valence-corrected chi connectivity index (χ3v) is 13.5. The highest BCUT2D eigenvalue weighted by atomic mass is 35.5. The average molecular weight is 1240 g/mol. The average Bonchev–Trinajstić information content (AvgIpc) is 2.74. The maximum absolute atomic E-state index is 14.0. The molecule has 2 unspecified atom stereocenters. The fourth-order valence-electron chi connectivity index (χ4n) is 8.19. The molecule has 0 spiro atoms.